The van der Waals surface area contributed by atoms with Crippen LogP contribution in [0.5, 0.6) is 0 Å². The minimum Gasteiger partial charge on any atom is -0.394 e. The molecule has 8 heteroatoms. The van der Waals surface area contributed by atoms with Gasteiger partial charge in [0, 0.05) is 0 Å². The van der Waals surface area contributed by atoms with Gasteiger partial charge < -0.3 is 31.5 Å². The van der Waals surface area contributed by atoms with Crippen molar-refractivity contribution in [2.24, 2.45) is 11.5 Å². The van der Waals surface area contributed by atoms with Gasteiger partial charge in [-0.1, -0.05) is 0 Å². The highest BCUT2D eigenvalue weighted by Gasteiger charge is 2.40. The van der Waals surface area contributed by atoms with E-state index in [1.54, 1.807) is 0 Å². The van der Waals surface area contributed by atoms with Crippen LogP contribution in [0.1, 0.15) is 0 Å². The van der Waals surface area contributed by atoms with E-state index in [0.29, 0.717) is 0 Å². The lowest BCUT2D eigenvalue weighted by atomic mass is 9.96. The molecule has 0 amide bonds. The molecule has 14 heavy (non-hydrogen) atoms. The number of aliphatic hydroxyl groups excluding tert-OH is 3. The first-order valence-corrected chi connectivity index (χ1v) is 3.71. The maximum Gasteiger partial charge on any atom is 0.171 e. The van der Waals surface area contributed by atoms with E-state index in [1.165, 1.54) is 0 Å². The summed E-state index contributed by atoms with van der Waals surface area (Å²) in [7, 11) is 0. The molecule has 1 aliphatic rings. The van der Waals surface area contributed by atoms with Crippen LogP contribution in [0.15, 0.2) is 0 Å². The van der Waals surface area contributed by atoms with Crippen molar-refractivity contribution < 1.29 is 20.1 Å². The monoisotopic (exact) mass is 250 g/mol. The SMILES string of the molecule is Cl.Cl.N[C@@H]1[C@@H](N)[C@@H](O)O[C@H](CO)[C@H]1O. The largest absolute Gasteiger partial charge is 0.394 e. The molecule has 1 aliphatic heterocycles. The number of ether oxygens (including phenoxy) is 1. The predicted molar refractivity (Wildman–Crippen MR) is 54.4 cm³/mol. The van der Waals surface area contributed by atoms with Crippen molar-refractivity contribution in [2.75, 3.05) is 6.61 Å². The van der Waals surface area contributed by atoms with Crippen LogP contribution in [0.3, 0.4) is 0 Å². The minimum absolute atomic E-state index is 0. The molecule has 0 aromatic carbocycles. The second-order valence-electron chi connectivity index (χ2n) is 2.89. The smallest absolute Gasteiger partial charge is 0.171 e. The second kappa shape index (κ2) is 6.76. The number of halogens is 2. The molecule has 0 spiro atoms. The molecule has 0 saturated carbocycles. The minimum atomic E-state index is -1.22. The first kappa shape index (κ1) is 16.8. The van der Waals surface area contributed by atoms with Crippen LogP contribution in [0.25, 0.3) is 0 Å². The summed E-state index contributed by atoms with van der Waals surface area (Å²) in [6.07, 6.45) is -3.11. The number of rotatable bonds is 1. The van der Waals surface area contributed by atoms with Gasteiger partial charge in [-0.25, -0.2) is 0 Å². The third kappa shape index (κ3) is 3.18. The Morgan fingerprint density at radius 2 is 1.57 bits per heavy atom. The third-order valence-electron chi connectivity index (χ3n) is 2.04. The van der Waals surface area contributed by atoms with Crippen molar-refractivity contribution in [3.63, 3.8) is 0 Å². The molecule has 1 fully saturated rings. The molecule has 1 heterocycles. The van der Waals surface area contributed by atoms with Crippen molar-refractivity contribution in [3.8, 4) is 0 Å². The van der Waals surface area contributed by atoms with Crippen LogP contribution >= 0.6 is 24.8 Å². The first-order valence-electron chi connectivity index (χ1n) is 3.71. The van der Waals surface area contributed by atoms with Crippen molar-refractivity contribution in [1.29, 1.82) is 0 Å². The molecule has 0 bridgehead atoms. The number of aliphatic hydroxyl groups is 3. The summed E-state index contributed by atoms with van der Waals surface area (Å²) in [6, 6.07) is -1.59. The van der Waals surface area contributed by atoms with Gasteiger partial charge in [0.2, 0.25) is 0 Å². The quantitative estimate of drug-likeness (QED) is 0.353. The van der Waals surface area contributed by atoms with Crippen LogP contribution in [0, 0.1) is 0 Å². The van der Waals surface area contributed by atoms with Gasteiger partial charge in [0.15, 0.2) is 6.29 Å². The maximum atomic E-state index is 9.32. The van der Waals surface area contributed by atoms with Crippen molar-refractivity contribution >= 4 is 24.8 Å². The van der Waals surface area contributed by atoms with Crippen LogP contribution in [-0.4, -0.2) is 52.5 Å². The molecule has 0 unspecified atom stereocenters. The normalized spacial score (nSPS) is 42.2. The van der Waals surface area contributed by atoms with E-state index in [0.717, 1.165) is 0 Å². The average Bonchev–Trinajstić information content (AvgIpc) is 2.08. The zero-order chi connectivity index (χ0) is 9.30. The van der Waals surface area contributed by atoms with Gasteiger partial charge in [-0.15, -0.1) is 24.8 Å². The molecular formula is C6H16Cl2N2O4. The van der Waals surface area contributed by atoms with E-state index in [9.17, 15) is 5.11 Å². The molecule has 88 valence electrons. The molecule has 0 aromatic rings. The predicted octanol–water partition coefficient (Wildman–Crippen LogP) is -2.44. The standard InChI is InChI=1S/C6H14N2O4.2ClH/c7-3-4(8)6(11)12-2(1-9)5(3)10;;/h2-6,9-11H,1,7-8H2;2*1H/t2-,3-,4-,5-,6+;;/m1../s1. The lowest BCUT2D eigenvalue weighted by Crippen LogP contribution is -2.65. The van der Waals surface area contributed by atoms with Gasteiger partial charge >= 0.3 is 0 Å². The third-order valence-corrected chi connectivity index (χ3v) is 2.04. The van der Waals surface area contributed by atoms with Crippen molar-refractivity contribution in [3.05, 3.63) is 0 Å². The molecular weight excluding hydrogens is 235 g/mol. The average molecular weight is 251 g/mol. The van der Waals surface area contributed by atoms with Crippen molar-refractivity contribution in [2.45, 2.75) is 30.6 Å². The Morgan fingerprint density at radius 3 is 2.00 bits per heavy atom. The molecule has 6 nitrogen and oxygen atoms in total. The van der Waals surface area contributed by atoms with E-state index in [2.05, 4.69) is 0 Å². The lowest BCUT2D eigenvalue weighted by Gasteiger charge is -2.38. The highest BCUT2D eigenvalue weighted by molar-refractivity contribution is 5.85. The summed E-state index contributed by atoms with van der Waals surface area (Å²) in [5, 5.41) is 27.1. The van der Waals surface area contributed by atoms with Gasteiger partial charge in [-0.3, -0.25) is 0 Å². The van der Waals surface area contributed by atoms with Crippen LogP contribution in [0.2, 0.25) is 0 Å². The Kier molecular flexibility index (Phi) is 8.09. The highest BCUT2D eigenvalue weighted by Crippen LogP contribution is 2.16. The zero-order valence-corrected chi connectivity index (χ0v) is 8.95. The Balaban J connectivity index is 0. The fraction of sp³-hybridized carbons (Fsp3) is 1.00. The first-order chi connectivity index (χ1) is 5.57. The lowest BCUT2D eigenvalue weighted by molar-refractivity contribution is -0.221. The maximum absolute atomic E-state index is 9.32. The summed E-state index contributed by atoms with van der Waals surface area (Å²) in [5.74, 6) is 0. The van der Waals surface area contributed by atoms with Gasteiger partial charge in [-0.05, 0) is 0 Å². The van der Waals surface area contributed by atoms with Crippen molar-refractivity contribution in [1.82, 2.24) is 0 Å². The number of hydrogen-bond acceptors (Lipinski definition) is 6. The summed E-state index contributed by atoms with van der Waals surface area (Å²) >= 11 is 0. The molecule has 0 radical (unpaired) electrons. The van der Waals surface area contributed by atoms with Gasteiger partial charge in [-0.2, -0.15) is 0 Å². The van der Waals surface area contributed by atoms with Gasteiger partial charge in [0.1, 0.15) is 6.10 Å². The molecule has 0 aliphatic carbocycles. The van der Waals surface area contributed by atoms with E-state index < -0.39 is 37.2 Å². The van der Waals surface area contributed by atoms with Crippen LogP contribution < -0.4 is 11.5 Å². The van der Waals surface area contributed by atoms with Crippen LogP contribution in [-0.2, 0) is 4.74 Å². The fourth-order valence-corrected chi connectivity index (χ4v) is 1.17. The Labute approximate surface area is 94.0 Å². The summed E-state index contributed by atoms with van der Waals surface area (Å²) in [6.45, 7) is -0.390. The van der Waals surface area contributed by atoms with Gasteiger partial charge in [0.25, 0.3) is 0 Å². The summed E-state index contributed by atoms with van der Waals surface area (Å²) < 4.78 is 4.78. The Bertz CT molecular complexity index is 160. The van der Waals surface area contributed by atoms with E-state index in [-0.39, 0.29) is 24.8 Å². The molecule has 5 atom stereocenters. The molecule has 7 N–H and O–H groups in total. The molecule has 1 saturated heterocycles. The molecule has 0 aromatic heterocycles. The number of hydrogen-bond donors (Lipinski definition) is 5. The Hall–Kier alpha value is 0.340. The summed E-state index contributed by atoms with van der Waals surface area (Å²) in [4.78, 5) is 0. The Morgan fingerprint density at radius 1 is 1.07 bits per heavy atom. The summed E-state index contributed by atoms with van der Waals surface area (Å²) in [5.41, 5.74) is 10.8. The highest BCUT2D eigenvalue weighted by atomic mass is 35.5. The van der Waals surface area contributed by atoms with E-state index in [4.69, 9.17) is 26.4 Å². The van der Waals surface area contributed by atoms with Crippen LogP contribution in [0.4, 0.5) is 0 Å². The fourth-order valence-electron chi connectivity index (χ4n) is 1.17. The topological polar surface area (TPSA) is 122 Å². The number of nitrogens with two attached hydrogens (primary N) is 2. The van der Waals surface area contributed by atoms with E-state index >= 15 is 0 Å². The van der Waals surface area contributed by atoms with E-state index in [1.807, 2.05) is 0 Å². The molecule has 1 rings (SSSR count). The van der Waals surface area contributed by atoms with Gasteiger partial charge in [0.05, 0.1) is 24.8 Å². The zero-order valence-electron chi connectivity index (χ0n) is 7.31. The second-order valence-corrected chi connectivity index (χ2v) is 2.89.